The van der Waals surface area contributed by atoms with Gasteiger partial charge in [0.05, 0.1) is 30.5 Å². The second-order valence-corrected chi connectivity index (χ2v) is 9.92. The van der Waals surface area contributed by atoms with Gasteiger partial charge in [-0.05, 0) is 55.2 Å². The third-order valence-electron chi connectivity index (χ3n) is 6.68. The Morgan fingerprint density at radius 2 is 2.06 bits per heavy atom. The van der Waals surface area contributed by atoms with Crippen molar-refractivity contribution >= 4 is 33.8 Å². The van der Waals surface area contributed by atoms with Crippen LogP contribution < -0.4 is 10.1 Å². The number of carbonyl (C=O) groups excluding carboxylic acids is 1. The minimum Gasteiger partial charge on any atom is -0.494 e. The largest absolute Gasteiger partial charge is 0.494 e. The zero-order valence-electron chi connectivity index (χ0n) is 17.9. The van der Waals surface area contributed by atoms with Crippen LogP contribution in [0, 0.1) is 17.8 Å². The van der Waals surface area contributed by atoms with E-state index in [-0.39, 0.29) is 5.91 Å². The van der Waals surface area contributed by atoms with E-state index in [0.717, 1.165) is 35.9 Å². The van der Waals surface area contributed by atoms with Gasteiger partial charge in [-0.3, -0.25) is 14.7 Å². The van der Waals surface area contributed by atoms with E-state index < -0.39 is 12.7 Å². The fourth-order valence-corrected chi connectivity index (χ4v) is 5.80. The van der Waals surface area contributed by atoms with Gasteiger partial charge < -0.3 is 15.0 Å². The first-order valence-electron chi connectivity index (χ1n) is 11.1. The highest BCUT2D eigenvalue weighted by molar-refractivity contribution is 7.11. The minimum absolute atomic E-state index is 0.203. The molecule has 2 fully saturated rings. The monoisotopic (exact) mass is 478 g/mol. The number of likely N-dealkylation sites (tertiary alicyclic amines) is 1. The van der Waals surface area contributed by atoms with E-state index in [2.05, 4.69) is 15.3 Å². The number of hydrogen-bond acceptors (Lipinski definition) is 5. The summed E-state index contributed by atoms with van der Waals surface area (Å²) in [5, 5.41) is 3.77. The number of ether oxygens (including phenoxy) is 1. The van der Waals surface area contributed by atoms with Crippen LogP contribution in [0.1, 0.15) is 28.9 Å². The quantitative estimate of drug-likeness (QED) is 0.492. The van der Waals surface area contributed by atoms with Gasteiger partial charge in [0, 0.05) is 30.2 Å². The fourth-order valence-electron chi connectivity index (χ4n) is 5.29. The maximum atomic E-state index is 12.6. The van der Waals surface area contributed by atoms with Crippen LogP contribution in [0.4, 0.5) is 18.9 Å². The average Bonchev–Trinajstić information content (AvgIpc) is 3.51. The number of alkyl halides is 3. The summed E-state index contributed by atoms with van der Waals surface area (Å²) >= 11 is 1.28. The van der Waals surface area contributed by atoms with E-state index in [9.17, 15) is 18.0 Å². The van der Waals surface area contributed by atoms with Gasteiger partial charge in [0.15, 0.2) is 0 Å². The minimum atomic E-state index is -4.11. The van der Waals surface area contributed by atoms with Gasteiger partial charge in [-0.2, -0.15) is 13.2 Å². The van der Waals surface area contributed by atoms with Gasteiger partial charge in [-0.15, -0.1) is 11.3 Å². The summed E-state index contributed by atoms with van der Waals surface area (Å²) in [7, 11) is 0. The van der Waals surface area contributed by atoms with Crippen molar-refractivity contribution in [3.05, 3.63) is 41.0 Å². The predicted octanol–water partition coefficient (Wildman–Crippen LogP) is 5.17. The molecule has 0 spiro atoms. The molecule has 10 heteroatoms. The number of anilines is 1. The topological polar surface area (TPSA) is 70.2 Å². The van der Waals surface area contributed by atoms with Gasteiger partial charge in [-0.1, -0.05) is 0 Å². The number of halogens is 3. The second-order valence-electron chi connectivity index (χ2n) is 9.03. The molecule has 33 heavy (non-hydrogen) atoms. The Bertz CT molecular complexity index is 1100. The lowest BCUT2D eigenvalue weighted by molar-refractivity contribution is -0.144. The van der Waals surface area contributed by atoms with Crippen molar-refractivity contribution in [1.82, 2.24) is 14.9 Å². The SMILES string of the molecule is O=C(Nc1c[nH]c2ccc(OCCC3C[C@@H]4CN(CC(F)(F)F)C[C@@H]4C3)cc12)c1cncs1. The third-order valence-corrected chi connectivity index (χ3v) is 7.45. The molecule has 2 aliphatic rings. The van der Waals surface area contributed by atoms with Gasteiger partial charge in [0.1, 0.15) is 10.6 Å². The number of nitrogens with zero attached hydrogens (tertiary/aromatic N) is 2. The van der Waals surface area contributed by atoms with Crippen LogP contribution in [0.5, 0.6) is 5.75 Å². The molecule has 0 bridgehead atoms. The smallest absolute Gasteiger partial charge is 0.401 e. The molecule has 1 aliphatic heterocycles. The number of carbonyl (C=O) groups is 1. The van der Waals surface area contributed by atoms with Crippen molar-refractivity contribution in [3.8, 4) is 5.75 Å². The Kier molecular flexibility index (Phi) is 6.05. The van der Waals surface area contributed by atoms with Crippen molar-refractivity contribution in [3.63, 3.8) is 0 Å². The number of H-pyrrole nitrogens is 1. The molecular formula is C23H25F3N4O2S. The highest BCUT2D eigenvalue weighted by Crippen LogP contribution is 2.43. The van der Waals surface area contributed by atoms with Crippen molar-refractivity contribution in [2.24, 2.45) is 17.8 Å². The summed E-state index contributed by atoms with van der Waals surface area (Å²) in [4.78, 5) is 21.5. The van der Waals surface area contributed by atoms with Crippen LogP contribution in [-0.2, 0) is 0 Å². The Morgan fingerprint density at radius 3 is 2.76 bits per heavy atom. The molecule has 2 aromatic heterocycles. The zero-order chi connectivity index (χ0) is 23.0. The van der Waals surface area contributed by atoms with Crippen molar-refractivity contribution in [2.45, 2.75) is 25.4 Å². The highest BCUT2D eigenvalue weighted by Gasteiger charge is 2.43. The number of thiazole rings is 1. The molecule has 1 saturated carbocycles. The molecular weight excluding hydrogens is 453 g/mol. The molecule has 2 N–H and O–H groups in total. The van der Waals surface area contributed by atoms with E-state index >= 15 is 0 Å². The molecule has 6 nitrogen and oxygen atoms in total. The van der Waals surface area contributed by atoms with Crippen LogP contribution in [0.2, 0.25) is 0 Å². The molecule has 1 aliphatic carbocycles. The first-order valence-corrected chi connectivity index (χ1v) is 11.9. The number of aromatic nitrogens is 2. The zero-order valence-corrected chi connectivity index (χ0v) is 18.7. The molecule has 3 heterocycles. The van der Waals surface area contributed by atoms with E-state index in [0.29, 0.717) is 48.0 Å². The number of fused-ring (bicyclic) bond motifs is 2. The first-order chi connectivity index (χ1) is 15.8. The van der Waals surface area contributed by atoms with Crippen molar-refractivity contribution in [2.75, 3.05) is 31.6 Å². The first kappa shape index (κ1) is 22.2. The molecule has 3 aromatic rings. The standard InChI is InChI=1S/C23H25F3N4O2S/c24-23(25,26)12-30-10-15-5-14(6-16(15)11-30)3-4-32-17-1-2-19-18(7-17)20(8-28-19)29-22(31)21-9-27-13-33-21/h1-2,7-9,13-16,28H,3-6,10-12H2,(H,29,31)/t14?,15-,16+. The molecule has 1 unspecified atom stereocenters. The predicted molar refractivity (Wildman–Crippen MR) is 121 cm³/mol. The van der Waals surface area contributed by atoms with E-state index in [1.54, 1.807) is 16.6 Å². The van der Waals surface area contributed by atoms with Crippen LogP contribution in [0.15, 0.2) is 36.1 Å². The Labute approximate surface area is 193 Å². The molecule has 1 amide bonds. The average molecular weight is 479 g/mol. The number of hydrogen-bond donors (Lipinski definition) is 2. The number of amides is 1. The van der Waals surface area contributed by atoms with Crippen molar-refractivity contribution in [1.29, 1.82) is 0 Å². The van der Waals surface area contributed by atoms with E-state index in [4.69, 9.17) is 4.74 Å². The van der Waals surface area contributed by atoms with Crippen LogP contribution in [0.25, 0.3) is 10.9 Å². The summed E-state index contributed by atoms with van der Waals surface area (Å²) in [5.74, 6) is 1.77. The molecule has 176 valence electrons. The van der Waals surface area contributed by atoms with E-state index in [1.165, 1.54) is 17.5 Å². The third kappa shape index (κ3) is 5.16. The highest BCUT2D eigenvalue weighted by atomic mass is 32.1. The Hall–Kier alpha value is -2.59. The number of benzene rings is 1. The summed E-state index contributed by atoms with van der Waals surface area (Å²) in [6.07, 6.45) is 2.03. The van der Waals surface area contributed by atoms with Gasteiger partial charge in [0.2, 0.25) is 0 Å². The number of aromatic amines is 1. The fraction of sp³-hybridized carbons (Fsp3) is 0.478. The Balaban J connectivity index is 1.13. The van der Waals surface area contributed by atoms with Crippen LogP contribution in [0.3, 0.4) is 0 Å². The number of nitrogens with one attached hydrogen (secondary N) is 2. The number of rotatable bonds is 7. The molecule has 3 atom stereocenters. The summed E-state index contributed by atoms with van der Waals surface area (Å²) in [6, 6.07) is 5.72. The lowest BCUT2D eigenvalue weighted by Gasteiger charge is -2.20. The van der Waals surface area contributed by atoms with Gasteiger partial charge in [-0.25, -0.2) is 0 Å². The molecule has 5 rings (SSSR count). The molecule has 0 radical (unpaired) electrons. The maximum Gasteiger partial charge on any atom is 0.401 e. The summed E-state index contributed by atoms with van der Waals surface area (Å²) < 4.78 is 43.9. The lowest BCUT2D eigenvalue weighted by atomic mass is 10.0. The normalized spacial score (nSPS) is 23.2. The Morgan fingerprint density at radius 1 is 1.27 bits per heavy atom. The second kappa shape index (κ2) is 8.98. The molecule has 1 saturated heterocycles. The maximum absolute atomic E-state index is 12.6. The molecule has 1 aromatic carbocycles. The van der Waals surface area contributed by atoms with Crippen LogP contribution >= 0.6 is 11.3 Å². The summed E-state index contributed by atoms with van der Waals surface area (Å²) in [6.45, 7) is 0.889. The van der Waals surface area contributed by atoms with Gasteiger partial charge in [0.25, 0.3) is 5.91 Å². The van der Waals surface area contributed by atoms with Crippen LogP contribution in [-0.4, -0.2) is 53.2 Å². The van der Waals surface area contributed by atoms with Gasteiger partial charge >= 0.3 is 6.18 Å². The van der Waals surface area contributed by atoms with Crippen molar-refractivity contribution < 1.29 is 22.7 Å². The summed E-state index contributed by atoms with van der Waals surface area (Å²) in [5.41, 5.74) is 3.20. The lowest BCUT2D eigenvalue weighted by Crippen LogP contribution is -2.33. The van der Waals surface area contributed by atoms with E-state index in [1.807, 2.05) is 18.2 Å².